The molecule has 0 spiro atoms. The molecule has 5 nitrogen and oxygen atoms in total. The van der Waals surface area contributed by atoms with Crippen LogP contribution >= 0.6 is 23.2 Å². The van der Waals surface area contributed by atoms with Crippen molar-refractivity contribution in [2.24, 2.45) is 0 Å². The van der Waals surface area contributed by atoms with E-state index in [1.807, 2.05) is 18.3 Å². The van der Waals surface area contributed by atoms with Crippen LogP contribution in [0.4, 0.5) is 0 Å². The molecule has 0 radical (unpaired) electrons. The molecule has 0 saturated heterocycles. The summed E-state index contributed by atoms with van der Waals surface area (Å²) in [5, 5.41) is 1.66. The van der Waals surface area contributed by atoms with Gasteiger partial charge >= 0.3 is 0 Å². The number of amides is 1. The van der Waals surface area contributed by atoms with Gasteiger partial charge in [-0.1, -0.05) is 29.3 Å². The molecule has 3 aromatic rings. The maximum atomic E-state index is 12.7. The lowest BCUT2D eigenvalue weighted by Gasteiger charge is -2.26. The van der Waals surface area contributed by atoms with Crippen LogP contribution in [-0.4, -0.2) is 38.8 Å². The summed E-state index contributed by atoms with van der Waals surface area (Å²) in [4.78, 5) is 25.9. The highest BCUT2D eigenvalue weighted by Crippen LogP contribution is 2.29. The largest absolute Gasteiger partial charge is 0.346 e. The zero-order valence-corrected chi connectivity index (χ0v) is 14.7. The van der Waals surface area contributed by atoms with Gasteiger partial charge < -0.3 is 9.88 Å². The van der Waals surface area contributed by atoms with Crippen molar-refractivity contribution < 1.29 is 4.79 Å². The van der Waals surface area contributed by atoms with E-state index in [1.165, 1.54) is 5.57 Å². The fourth-order valence-electron chi connectivity index (χ4n) is 3.04. The maximum Gasteiger partial charge on any atom is 0.274 e. The second kappa shape index (κ2) is 6.50. The van der Waals surface area contributed by atoms with Crippen molar-refractivity contribution in [2.75, 3.05) is 13.1 Å². The third kappa shape index (κ3) is 3.01. The second-order valence-corrected chi connectivity index (χ2v) is 6.59. The van der Waals surface area contributed by atoms with E-state index < -0.39 is 0 Å². The number of H-pyrrole nitrogens is 1. The van der Waals surface area contributed by atoms with Crippen LogP contribution in [0.2, 0.25) is 10.2 Å². The predicted octanol–water partition coefficient (Wildman–Crippen LogP) is 4.19. The second-order valence-electron chi connectivity index (χ2n) is 5.80. The molecule has 25 heavy (non-hydrogen) atoms. The van der Waals surface area contributed by atoms with Crippen molar-refractivity contribution in [3.8, 4) is 0 Å². The number of aromatic nitrogens is 3. The van der Waals surface area contributed by atoms with Crippen LogP contribution in [0, 0.1) is 0 Å². The molecule has 0 saturated carbocycles. The molecule has 4 rings (SSSR count). The van der Waals surface area contributed by atoms with Gasteiger partial charge in [-0.05, 0) is 36.3 Å². The Morgan fingerprint density at radius 2 is 2.12 bits per heavy atom. The number of carbonyl (C=O) groups is 1. The number of halogens is 2. The number of nitrogens with one attached hydrogen (secondary N) is 1. The van der Waals surface area contributed by atoms with Gasteiger partial charge in [-0.3, -0.25) is 4.79 Å². The number of hydrogen-bond donors (Lipinski definition) is 1. The molecule has 126 valence electrons. The molecule has 1 N–H and O–H groups in total. The summed E-state index contributed by atoms with van der Waals surface area (Å²) in [7, 11) is 0. The lowest BCUT2D eigenvalue weighted by Crippen LogP contribution is -2.35. The van der Waals surface area contributed by atoms with Gasteiger partial charge in [0.05, 0.1) is 5.02 Å². The van der Waals surface area contributed by atoms with Gasteiger partial charge in [0.2, 0.25) is 0 Å². The highest BCUT2D eigenvalue weighted by atomic mass is 35.5. The first-order valence-electron chi connectivity index (χ1n) is 7.86. The third-order valence-corrected chi connectivity index (χ3v) is 4.82. The van der Waals surface area contributed by atoms with Crippen LogP contribution in [0.1, 0.15) is 22.5 Å². The molecule has 0 fully saturated rings. The quantitative estimate of drug-likeness (QED) is 0.685. The summed E-state index contributed by atoms with van der Waals surface area (Å²) in [6.07, 6.45) is 6.55. The zero-order valence-electron chi connectivity index (χ0n) is 13.2. The van der Waals surface area contributed by atoms with Crippen LogP contribution in [0.25, 0.3) is 16.6 Å². The molecule has 7 heteroatoms. The van der Waals surface area contributed by atoms with E-state index in [9.17, 15) is 4.79 Å². The lowest BCUT2D eigenvalue weighted by molar-refractivity contribution is 0.0767. The fraction of sp³-hybridized carbons (Fsp3) is 0.167. The van der Waals surface area contributed by atoms with E-state index in [0.717, 1.165) is 23.0 Å². The maximum absolute atomic E-state index is 12.7. The summed E-state index contributed by atoms with van der Waals surface area (Å²) >= 11 is 12.0. The Kier molecular flexibility index (Phi) is 4.19. The average Bonchev–Trinajstić information content (AvgIpc) is 3.07. The Morgan fingerprint density at radius 1 is 1.24 bits per heavy atom. The number of aromatic amines is 1. The van der Waals surface area contributed by atoms with E-state index in [4.69, 9.17) is 23.2 Å². The Bertz CT molecular complexity index is 996. The lowest BCUT2D eigenvalue weighted by atomic mass is 9.99. The van der Waals surface area contributed by atoms with E-state index in [0.29, 0.717) is 18.1 Å². The number of fused-ring (bicyclic) bond motifs is 1. The molecule has 1 aliphatic heterocycles. The molecule has 0 unspecified atom stereocenters. The molecule has 4 heterocycles. The minimum atomic E-state index is -0.205. The summed E-state index contributed by atoms with van der Waals surface area (Å²) < 4.78 is 0. The summed E-state index contributed by atoms with van der Waals surface area (Å²) in [5.41, 5.74) is 3.40. The number of pyridine rings is 2. The molecule has 1 aliphatic rings. The van der Waals surface area contributed by atoms with Crippen LogP contribution in [-0.2, 0) is 0 Å². The minimum Gasteiger partial charge on any atom is -0.346 e. The number of nitrogens with zero attached hydrogens (tertiary/aromatic N) is 3. The van der Waals surface area contributed by atoms with Crippen LogP contribution in [0.3, 0.4) is 0 Å². The van der Waals surface area contributed by atoms with E-state index in [2.05, 4.69) is 21.0 Å². The molecule has 0 atom stereocenters. The minimum absolute atomic E-state index is 0.197. The molecule has 0 aliphatic carbocycles. The first-order valence-corrected chi connectivity index (χ1v) is 8.62. The molecule has 0 bridgehead atoms. The fourth-order valence-corrected chi connectivity index (χ4v) is 3.37. The van der Waals surface area contributed by atoms with Crippen molar-refractivity contribution in [2.45, 2.75) is 6.42 Å². The van der Waals surface area contributed by atoms with Crippen LogP contribution < -0.4 is 0 Å². The SMILES string of the molecule is O=C(c1nc(Cl)ccc1Cl)N1CC=C(c2c[nH]c3ncccc23)CC1. The van der Waals surface area contributed by atoms with E-state index >= 15 is 0 Å². The van der Waals surface area contributed by atoms with Gasteiger partial charge in [-0.25, -0.2) is 9.97 Å². The number of hydrogen-bond acceptors (Lipinski definition) is 3. The summed E-state index contributed by atoms with van der Waals surface area (Å²) in [5.74, 6) is -0.205. The molecule has 3 aromatic heterocycles. The number of rotatable bonds is 2. The van der Waals surface area contributed by atoms with Crippen molar-refractivity contribution in [3.05, 3.63) is 64.2 Å². The van der Waals surface area contributed by atoms with Gasteiger partial charge in [0, 0.05) is 36.4 Å². The number of carbonyl (C=O) groups excluding carboxylic acids is 1. The normalized spacial score (nSPS) is 14.6. The third-order valence-electron chi connectivity index (χ3n) is 4.31. The molecule has 0 aromatic carbocycles. The van der Waals surface area contributed by atoms with Crippen LogP contribution in [0.5, 0.6) is 0 Å². The van der Waals surface area contributed by atoms with Crippen LogP contribution in [0.15, 0.2) is 42.7 Å². The zero-order chi connectivity index (χ0) is 17.4. The monoisotopic (exact) mass is 372 g/mol. The predicted molar refractivity (Wildman–Crippen MR) is 98.8 cm³/mol. The van der Waals surface area contributed by atoms with Gasteiger partial charge in [0.25, 0.3) is 5.91 Å². The van der Waals surface area contributed by atoms with Gasteiger partial charge in [-0.15, -0.1) is 0 Å². The topological polar surface area (TPSA) is 61.9 Å². The van der Waals surface area contributed by atoms with Gasteiger partial charge in [-0.2, -0.15) is 0 Å². The standard InChI is InChI=1S/C18H14Cl2N4O/c19-14-3-4-15(20)23-16(14)18(25)24-8-5-11(6-9-24)13-10-22-17-12(13)2-1-7-21-17/h1-5,7,10H,6,8-9H2,(H,21,22). The Labute approximate surface area is 154 Å². The van der Waals surface area contributed by atoms with Gasteiger partial charge in [0.15, 0.2) is 0 Å². The first-order chi connectivity index (χ1) is 12.1. The first kappa shape index (κ1) is 16.1. The summed E-state index contributed by atoms with van der Waals surface area (Å²) in [6.45, 7) is 1.10. The molecular weight excluding hydrogens is 359 g/mol. The summed E-state index contributed by atoms with van der Waals surface area (Å²) in [6, 6.07) is 7.13. The highest BCUT2D eigenvalue weighted by molar-refractivity contribution is 6.34. The van der Waals surface area contributed by atoms with Crippen molar-refractivity contribution in [1.29, 1.82) is 0 Å². The Morgan fingerprint density at radius 3 is 2.92 bits per heavy atom. The molecular formula is C18H14Cl2N4O. The van der Waals surface area contributed by atoms with Gasteiger partial charge in [0.1, 0.15) is 16.5 Å². The smallest absolute Gasteiger partial charge is 0.274 e. The Hall–Kier alpha value is -2.37. The van der Waals surface area contributed by atoms with Crippen molar-refractivity contribution in [3.63, 3.8) is 0 Å². The van der Waals surface area contributed by atoms with E-state index in [-0.39, 0.29) is 16.8 Å². The highest BCUT2D eigenvalue weighted by Gasteiger charge is 2.23. The van der Waals surface area contributed by atoms with E-state index in [1.54, 1.807) is 23.2 Å². The van der Waals surface area contributed by atoms with Crippen molar-refractivity contribution >= 4 is 45.7 Å². The Balaban J connectivity index is 1.58. The molecule has 1 amide bonds. The van der Waals surface area contributed by atoms with Crippen molar-refractivity contribution in [1.82, 2.24) is 19.9 Å². The average molecular weight is 373 g/mol.